The molecule has 0 saturated carbocycles. The predicted octanol–water partition coefficient (Wildman–Crippen LogP) is 4.07. The number of carbonyl (C=O) groups excluding carboxylic acids is 1. The Morgan fingerprint density at radius 3 is 2.25 bits per heavy atom. The first-order valence-electron chi connectivity index (χ1n) is 11.3. The van der Waals surface area contributed by atoms with Crippen molar-refractivity contribution in [1.29, 1.82) is 0 Å². The Hall–Kier alpha value is -3.41. The third-order valence-electron chi connectivity index (χ3n) is 6.70. The minimum absolute atomic E-state index is 0.0266. The first-order valence-corrected chi connectivity index (χ1v) is 11.3. The molecule has 0 aliphatic carbocycles. The second-order valence-corrected chi connectivity index (χ2v) is 9.00. The number of fused-ring (bicyclic) bond motifs is 2. The van der Waals surface area contributed by atoms with E-state index in [-0.39, 0.29) is 49.8 Å². The molecule has 3 aromatic rings. The van der Waals surface area contributed by atoms with Crippen molar-refractivity contribution in [2.24, 2.45) is 0 Å². The van der Waals surface area contributed by atoms with E-state index in [1.54, 1.807) is 0 Å². The predicted molar refractivity (Wildman–Crippen MR) is 115 cm³/mol. The van der Waals surface area contributed by atoms with Crippen LogP contribution in [0.2, 0.25) is 0 Å². The Kier molecular flexibility index (Phi) is 6.23. The molecule has 2 aromatic carbocycles. The van der Waals surface area contributed by atoms with Gasteiger partial charge in [-0.15, -0.1) is 10.2 Å². The highest BCUT2D eigenvalue weighted by atomic mass is 19.4. The van der Waals surface area contributed by atoms with Gasteiger partial charge in [-0.3, -0.25) is 9.69 Å². The van der Waals surface area contributed by atoms with Crippen LogP contribution >= 0.6 is 0 Å². The maximum atomic E-state index is 14.5. The standard InChI is InChI=1S/C24H21F6N5O/c25-18-10-20(27)19(26)8-16(18)7-17(34-11-14-3-1-2-4-15(14)12-34)9-22(36)33-5-6-35-21(13-33)31-32-23(35)24(28,29)30/h1-4,8,10,17H,5-7,9,11-13H2/t17-/m1/s1. The van der Waals surface area contributed by atoms with Gasteiger partial charge in [-0.2, -0.15) is 13.2 Å². The molecule has 3 heterocycles. The minimum Gasteiger partial charge on any atom is -0.333 e. The van der Waals surface area contributed by atoms with Crippen molar-refractivity contribution in [3.05, 3.63) is 82.2 Å². The van der Waals surface area contributed by atoms with Crippen molar-refractivity contribution in [2.75, 3.05) is 6.54 Å². The van der Waals surface area contributed by atoms with E-state index in [1.807, 2.05) is 29.2 Å². The van der Waals surface area contributed by atoms with Gasteiger partial charge in [0.05, 0.1) is 6.54 Å². The molecular formula is C24H21F6N5O. The number of amides is 1. The lowest BCUT2D eigenvalue weighted by Crippen LogP contribution is -2.43. The fraction of sp³-hybridized carbons (Fsp3) is 0.375. The molecule has 0 fully saturated rings. The summed E-state index contributed by atoms with van der Waals surface area (Å²) >= 11 is 0. The summed E-state index contributed by atoms with van der Waals surface area (Å²) < 4.78 is 82.1. The number of hydrogen-bond acceptors (Lipinski definition) is 4. The molecule has 0 radical (unpaired) electrons. The average Bonchev–Trinajstić information content (AvgIpc) is 3.45. The first kappa shape index (κ1) is 24.3. The molecule has 2 aliphatic heterocycles. The van der Waals surface area contributed by atoms with Crippen LogP contribution in [-0.2, 0) is 43.6 Å². The summed E-state index contributed by atoms with van der Waals surface area (Å²) in [5.41, 5.74) is 2.04. The van der Waals surface area contributed by atoms with Crippen LogP contribution in [0.15, 0.2) is 36.4 Å². The lowest BCUT2D eigenvalue weighted by Gasteiger charge is -2.32. The van der Waals surface area contributed by atoms with Gasteiger partial charge in [-0.1, -0.05) is 24.3 Å². The van der Waals surface area contributed by atoms with Gasteiger partial charge in [0, 0.05) is 44.7 Å². The molecule has 1 atom stereocenters. The average molecular weight is 509 g/mol. The number of hydrogen-bond donors (Lipinski definition) is 0. The largest absolute Gasteiger partial charge is 0.451 e. The Bertz CT molecular complexity index is 1280. The molecule has 1 aromatic heterocycles. The molecule has 2 aliphatic rings. The quantitative estimate of drug-likeness (QED) is 0.385. The highest BCUT2D eigenvalue weighted by Crippen LogP contribution is 2.31. The summed E-state index contributed by atoms with van der Waals surface area (Å²) in [7, 11) is 0. The molecule has 12 heteroatoms. The number of nitrogens with zero attached hydrogens (tertiary/aromatic N) is 5. The lowest BCUT2D eigenvalue weighted by molar-refractivity contribution is -0.148. The van der Waals surface area contributed by atoms with Crippen LogP contribution in [0.1, 0.15) is 34.8 Å². The van der Waals surface area contributed by atoms with E-state index in [2.05, 4.69) is 10.2 Å². The maximum Gasteiger partial charge on any atom is 0.451 e. The van der Waals surface area contributed by atoms with E-state index in [1.165, 1.54) is 4.90 Å². The molecule has 0 unspecified atom stereocenters. The summed E-state index contributed by atoms with van der Waals surface area (Å²) in [6.07, 6.45) is -4.79. The Labute approximate surface area is 202 Å². The molecule has 190 valence electrons. The zero-order valence-electron chi connectivity index (χ0n) is 18.9. The number of aromatic nitrogens is 3. The Morgan fingerprint density at radius 1 is 0.917 bits per heavy atom. The van der Waals surface area contributed by atoms with Crippen LogP contribution in [0.5, 0.6) is 0 Å². The molecular weight excluding hydrogens is 488 g/mol. The summed E-state index contributed by atoms with van der Waals surface area (Å²) in [6, 6.07) is 8.39. The topological polar surface area (TPSA) is 54.3 Å². The third-order valence-corrected chi connectivity index (χ3v) is 6.70. The summed E-state index contributed by atoms with van der Waals surface area (Å²) in [6.45, 7) is 0.750. The fourth-order valence-corrected chi connectivity index (χ4v) is 4.83. The smallest absolute Gasteiger partial charge is 0.333 e. The van der Waals surface area contributed by atoms with Gasteiger partial charge in [0.2, 0.25) is 11.7 Å². The number of rotatable bonds is 5. The first-order chi connectivity index (χ1) is 17.1. The van der Waals surface area contributed by atoms with Crippen LogP contribution in [0.3, 0.4) is 0 Å². The van der Waals surface area contributed by atoms with E-state index < -0.39 is 35.5 Å². The van der Waals surface area contributed by atoms with Crippen molar-refractivity contribution in [2.45, 2.75) is 51.2 Å². The lowest BCUT2D eigenvalue weighted by atomic mass is 10.00. The van der Waals surface area contributed by atoms with Gasteiger partial charge in [0.1, 0.15) is 5.82 Å². The second kappa shape index (κ2) is 9.23. The zero-order valence-corrected chi connectivity index (χ0v) is 18.9. The van der Waals surface area contributed by atoms with Gasteiger partial charge in [0.25, 0.3) is 0 Å². The summed E-state index contributed by atoms with van der Waals surface area (Å²) in [4.78, 5) is 16.6. The zero-order chi connectivity index (χ0) is 25.6. The monoisotopic (exact) mass is 509 g/mol. The van der Waals surface area contributed by atoms with Gasteiger partial charge in [-0.25, -0.2) is 13.2 Å². The molecule has 0 spiro atoms. The van der Waals surface area contributed by atoms with Crippen LogP contribution in [0, 0.1) is 17.5 Å². The van der Waals surface area contributed by atoms with Gasteiger partial charge < -0.3 is 9.47 Å². The van der Waals surface area contributed by atoms with E-state index >= 15 is 0 Å². The Balaban J connectivity index is 1.36. The molecule has 6 nitrogen and oxygen atoms in total. The minimum atomic E-state index is -4.65. The molecule has 0 saturated heterocycles. The highest BCUT2D eigenvalue weighted by molar-refractivity contribution is 5.77. The van der Waals surface area contributed by atoms with Crippen LogP contribution in [-0.4, -0.2) is 43.1 Å². The van der Waals surface area contributed by atoms with Crippen molar-refractivity contribution in [3.8, 4) is 0 Å². The summed E-state index contributed by atoms with van der Waals surface area (Å²) in [5, 5.41) is 6.82. The highest BCUT2D eigenvalue weighted by Gasteiger charge is 2.40. The van der Waals surface area contributed by atoms with Crippen LogP contribution in [0.4, 0.5) is 26.3 Å². The van der Waals surface area contributed by atoms with Gasteiger partial charge in [0.15, 0.2) is 17.5 Å². The Morgan fingerprint density at radius 2 is 1.58 bits per heavy atom. The van der Waals surface area contributed by atoms with Crippen LogP contribution < -0.4 is 0 Å². The summed E-state index contributed by atoms with van der Waals surface area (Å²) in [5.74, 6) is -4.83. The molecule has 0 bridgehead atoms. The van der Waals surface area contributed by atoms with E-state index in [0.717, 1.165) is 21.8 Å². The SMILES string of the molecule is O=C(C[C@@H](Cc1cc(F)c(F)cc1F)N1Cc2ccccc2C1)N1CCn2c(nnc2C(F)(F)F)C1. The number of carbonyl (C=O) groups is 1. The second-order valence-electron chi connectivity index (χ2n) is 9.00. The number of alkyl halides is 3. The normalized spacial score (nSPS) is 16.7. The van der Waals surface area contributed by atoms with E-state index in [4.69, 9.17) is 0 Å². The molecule has 5 rings (SSSR count). The third kappa shape index (κ3) is 4.69. The van der Waals surface area contributed by atoms with Crippen molar-refractivity contribution in [3.63, 3.8) is 0 Å². The number of benzene rings is 2. The van der Waals surface area contributed by atoms with E-state index in [9.17, 15) is 31.1 Å². The fourth-order valence-electron chi connectivity index (χ4n) is 4.83. The number of halogens is 6. The molecule has 1 amide bonds. The molecule has 0 N–H and O–H groups in total. The molecule has 36 heavy (non-hydrogen) atoms. The van der Waals surface area contributed by atoms with Crippen molar-refractivity contribution < 1.29 is 31.1 Å². The van der Waals surface area contributed by atoms with Crippen LogP contribution in [0.25, 0.3) is 0 Å². The maximum absolute atomic E-state index is 14.5. The van der Waals surface area contributed by atoms with E-state index in [0.29, 0.717) is 19.2 Å². The van der Waals surface area contributed by atoms with Crippen molar-refractivity contribution >= 4 is 5.91 Å². The van der Waals surface area contributed by atoms with Gasteiger partial charge in [-0.05, 0) is 29.2 Å². The van der Waals surface area contributed by atoms with Crippen molar-refractivity contribution in [1.82, 2.24) is 24.6 Å². The van der Waals surface area contributed by atoms with Gasteiger partial charge >= 0.3 is 6.18 Å².